The average Bonchev–Trinajstić information content (AvgIpc) is 2.63. The Morgan fingerprint density at radius 2 is 1.96 bits per heavy atom. The number of halogens is 2. The lowest BCUT2D eigenvalue weighted by molar-refractivity contribution is -0.143. The molecule has 0 saturated carbocycles. The van der Waals surface area contributed by atoms with Crippen molar-refractivity contribution in [2.45, 2.75) is 25.3 Å². The highest BCUT2D eigenvalue weighted by Gasteiger charge is 2.29. The summed E-state index contributed by atoms with van der Waals surface area (Å²) in [7, 11) is 0. The quantitative estimate of drug-likeness (QED) is 0.833. The molecular formula is C19H20Cl2N2O2. The number of benzene rings is 1. The van der Waals surface area contributed by atoms with Crippen LogP contribution in [0.5, 0.6) is 0 Å². The van der Waals surface area contributed by atoms with Crippen molar-refractivity contribution in [2.24, 2.45) is 5.92 Å². The molecule has 0 spiro atoms. The van der Waals surface area contributed by atoms with Crippen LogP contribution in [-0.2, 0) is 11.2 Å². The highest BCUT2D eigenvalue weighted by Crippen LogP contribution is 2.33. The summed E-state index contributed by atoms with van der Waals surface area (Å²) in [6.07, 6.45) is 3.86. The van der Waals surface area contributed by atoms with E-state index in [0.717, 1.165) is 30.8 Å². The molecule has 2 aromatic rings. The summed E-state index contributed by atoms with van der Waals surface area (Å²) in [5.41, 5.74) is 2.08. The summed E-state index contributed by atoms with van der Waals surface area (Å²) in [6.45, 7) is 1.49. The van der Waals surface area contributed by atoms with Crippen molar-refractivity contribution in [3.8, 4) is 0 Å². The Bertz CT molecular complexity index is 731. The van der Waals surface area contributed by atoms with Gasteiger partial charge in [0.2, 0.25) is 0 Å². The minimum Gasteiger partial charge on any atom is -0.481 e. The van der Waals surface area contributed by atoms with Crippen molar-refractivity contribution in [3.05, 3.63) is 63.9 Å². The van der Waals surface area contributed by atoms with Gasteiger partial charge in [0.05, 0.1) is 16.0 Å². The molecule has 3 rings (SSSR count). The van der Waals surface area contributed by atoms with Crippen molar-refractivity contribution in [2.75, 3.05) is 13.1 Å². The lowest BCUT2D eigenvalue weighted by atomic mass is 9.92. The van der Waals surface area contributed by atoms with Crippen LogP contribution in [0.15, 0.2) is 42.6 Å². The van der Waals surface area contributed by atoms with Crippen LogP contribution in [0, 0.1) is 5.92 Å². The molecule has 0 radical (unpaired) electrons. The first-order valence-electron chi connectivity index (χ1n) is 8.36. The number of piperidine rings is 1. The Hall–Kier alpha value is -1.62. The van der Waals surface area contributed by atoms with Gasteiger partial charge in [0, 0.05) is 24.4 Å². The summed E-state index contributed by atoms with van der Waals surface area (Å²) in [5.74, 6) is -0.948. The molecule has 1 atom stereocenters. The lowest BCUT2D eigenvalue weighted by Crippen LogP contribution is -2.39. The Balaban J connectivity index is 1.84. The molecule has 0 bridgehead atoms. The highest BCUT2D eigenvalue weighted by molar-refractivity contribution is 6.42. The van der Waals surface area contributed by atoms with Gasteiger partial charge in [-0.1, -0.05) is 35.3 Å². The number of likely N-dealkylation sites (tertiary alicyclic amines) is 1. The second-order valence-corrected chi connectivity index (χ2v) is 7.18. The first kappa shape index (κ1) is 18.2. The third-order valence-corrected chi connectivity index (χ3v) is 5.52. The largest absolute Gasteiger partial charge is 0.481 e. The first-order valence-corrected chi connectivity index (χ1v) is 9.12. The fourth-order valence-corrected chi connectivity index (χ4v) is 3.66. The van der Waals surface area contributed by atoms with E-state index in [9.17, 15) is 9.90 Å². The maximum atomic E-state index is 11.2. The molecule has 25 heavy (non-hydrogen) atoms. The zero-order chi connectivity index (χ0) is 17.8. The van der Waals surface area contributed by atoms with Gasteiger partial charge in [0.1, 0.15) is 0 Å². The number of rotatable bonds is 5. The minimum atomic E-state index is -0.699. The van der Waals surface area contributed by atoms with Crippen molar-refractivity contribution >= 4 is 29.2 Å². The fourth-order valence-electron chi connectivity index (χ4n) is 3.35. The molecule has 2 heterocycles. The number of carbonyl (C=O) groups is 1. The first-order chi connectivity index (χ1) is 12.0. The molecule has 132 valence electrons. The number of carboxylic acid groups (broad SMARTS) is 1. The van der Waals surface area contributed by atoms with Gasteiger partial charge in [0.25, 0.3) is 0 Å². The van der Waals surface area contributed by atoms with Crippen LogP contribution in [0.2, 0.25) is 10.0 Å². The molecule has 1 aromatic carbocycles. The van der Waals surface area contributed by atoms with Crippen LogP contribution in [0.3, 0.4) is 0 Å². The number of hydrogen-bond donors (Lipinski definition) is 1. The van der Waals surface area contributed by atoms with Gasteiger partial charge in [0.15, 0.2) is 0 Å². The van der Waals surface area contributed by atoms with Crippen LogP contribution in [0.4, 0.5) is 0 Å². The van der Waals surface area contributed by atoms with Gasteiger partial charge in [-0.2, -0.15) is 0 Å². The van der Waals surface area contributed by atoms with Gasteiger partial charge in [-0.3, -0.25) is 14.7 Å². The van der Waals surface area contributed by atoms with E-state index in [-0.39, 0.29) is 12.0 Å². The summed E-state index contributed by atoms with van der Waals surface area (Å²) >= 11 is 12.3. The van der Waals surface area contributed by atoms with Gasteiger partial charge in [-0.15, -0.1) is 0 Å². The zero-order valence-corrected chi connectivity index (χ0v) is 15.2. The predicted molar refractivity (Wildman–Crippen MR) is 99.1 cm³/mol. The van der Waals surface area contributed by atoms with E-state index in [1.807, 2.05) is 36.4 Å². The van der Waals surface area contributed by atoms with E-state index < -0.39 is 5.97 Å². The number of hydrogen-bond acceptors (Lipinski definition) is 3. The molecule has 6 heteroatoms. The monoisotopic (exact) mass is 378 g/mol. The topological polar surface area (TPSA) is 53.4 Å². The van der Waals surface area contributed by atoms with Gasteiger partial charge >= 0.3 is 5.97 Å². The van der Waals surface area contributed by atoms with Crippen molar-refractivity contribution in [1.29, 1.82) is 0 Å². The third kappa shape index (κ3) is 4.51. The Labute approximate surface area is 157 Å². The molecule has 4 nitrogen and oxygen atoms in total. The van der Waals surface area contributed by atoms with Crippen LogP contribution >= 0.6 is 23.2 Å². The molecule has 1 N–H and O–H groups in total. The van der Waals surface area contributed by atoms with Gasteiger partial charge in [-0.05, 0) is 55.8 Å². The Kier molecular flexibility index (Phi) is 5.94. The minimum absolute atomic E-state index is 0.0967. The molecule has 0 aliphatic carbocycles. The molecule has 1 aromatic heterocycles. The second-order valence-electron chi connectivity index (χ2n) is 6.36. The van der Waals surface area contributed by atoms with Crippen LogP contribution in [-0.4, -0.2) is 34.0 Å². The third-order valence-electron chi connectivity index (χ3n) is 4.78. The summed E-state index contributed by atoms with van der Waals surface area (Å²) in [4.78, 5) is 18.0. The molecule has 1 fully saturated rings. The van der Waals surface area contributed by atoms with Crippen LogP contribution < -0.4 is 0 Å². The van der Waals surface area contributed by atoms with Gasteiger partial charge in [-0.25, -0.2) is 0 Å². The van der Waals surface area contributed by atoms with E-state index in [1.165, 1.54) is 0 Å². The molecular weight excluding hydrogens is 359 g/mol. The molecule has 1 unspecified atom stereocenters. The Morgan fingerprint density at radius 3 is 2.56 bits per heavy atom. The van der Waals surface area contributed by atoms with E-state index in [0.29, 0.717) is 22.9 Å². The maximum Gasteiger partial charge on any atom is 0.306 e. The molecule has 1 aliphatic rings. The highest BCUT2D eigenvalue weighted by atomic mass is 35.5. The van der Waals surface area contributed by atoms with Crippen molar-refractivity contribution in [3.63, 3.8) is 0 Å². The number of pyridine rings is 1. The SMILES string of the molecule is O=C(O)C1CCN(C(Cc2ccccn2)c2ccc(Cl)c(Cl)c2)CC1. The number of nitrogens with zero attached hydrogens (tertiary/aromatic N) is 2. The maximum absolute atomic E-state index is 11.2. The lowest BCUT2D eigenvalue weighted by Gasteiger charge is -2.37. The van der Waals surface area contributed by atoms with E-state index in [4.69, 9.17) is 23.2 Å². The summed E-state index contributed by atoms with van der Waals surface area (Å²) in [6, 6.07) is 11.7. The number of aliphatic carboxylic acids is 1. The fraction of sp³-hybridized carbons (Fsp3) is 0.368. The van der Waals surface area contributed by atoms with Gasteiger partial charge < -0.3 is 5.11 Å². The van der Waals surface area contributed by atoms with Crippen molar-refractivity contribution in [1.82, 2.24) is 9.88 Å². The molecule has 1 aliphatic heterocycles. The van der Waals surface area contributed by atoms with E-state index >= 15 is 0 Å². The molecule has 1 saturated heterocycles. The second kappa shape index (κ2) is 8.17. The van der Waals surface area contributed by atoms with E-state index in [2.05, 4.69) is 9.88 Å². The summed E-state index contributed by atoms with van der Waals surface area (Å²) < 4.78 is 0. The van der Waals surface area contributed by atoms with E-state index in [1.54, 1.807) is 6.20 Å². The summed E-state index contributed by atoms with van der Waals surface area (Å²) in [5, 5.41) is 10.3. The van der Waals surface area contributed by atoms with Crippen LogP contribution in [0.25, 0.3) is 0 Å². The average molecular weight is 379 g/mol. The van der Waals surface area contributed by atoms with Crippen molar-refractivity contribution < 1.29 is 9.90 Å². The molecule has 0 amide bonds. The number of aromatic nitrogens is 1. The normalized spacial score (nSPS) is 17.4. The van der Waals surface area contributed by atoms with Crippen LogP contribution in [0.1, 0.15) is 30.1 Å². The smallest absolute Gasteiger partial charge is 0.306 e. The zero-order valence-electron chi connectivity index (χ0n) is 13.7. The Morgan fingerprint density at radius 1 is 1.20 bits per heavy atom. The number of carboxylic acids is 1. The standard InChI is InChI=1S/C19H20Cl2N2O2/c20-16-5-4-14(11-17(16)21)18(12-15-3-1-2-8-22-15)23-9-6-13(7-10-23)19(24)25/h1-5,8,11,13,18H,6-7,9-10,12H2,(H,24,25). The predicted octanol–water partition coefficient (Wildman–Crippen LogP) is 4.47.